The number of benzene rings is 2. The van der Waals surface area contributed by atoms with Crippen LogP contribution in [0.15, 0.2) is 53.4 Å². The molecule has 0 unspecified atom stereocenters. The van der Waals surface area contributed by atoms with Crippen LogP contribution in [-0.4, -0.2) is 71.1 Å². The van der Waals surface area contributed by atoms with E-state index in [4.69, 9.17) is 9.57 Å². The van der Waals surface area contributed by atoms with E-state index in [1.165, 1.54) is 38.4 Å². The lowest BCUT2D eigenvalue weighted by Crippen LogP contribution is -2.48. The Morgan fingerprint density at radius 3 is 2.17 bits per heavy atom. The quantitative estimate of drug-likeness (QED) is 0.665. The van der Waals surface area contributed by atoms with Crippen LogP contribution in [0.2, 0.25) is 0 Å². The van der Waals surface area contributed by atoms with E-state index in [2.05, 4.69) is 4.90 Å². The van der Waals surface area contributed by atoms with E-state index in [1.54, 1.807) is 12.0 Å². The van der Waals surface area contributed by atoms with E-state index < -0.39 is 10.0 Å². The van der Waals surface area contributed by atoms with Gasteiger partial charge in [-0.15, -0.1) is 0 Å². The first-order chi connectivity index (χ1) is 13.9. The molecule has 0 saturated carbocycles. The van der Waals surface area contributed by atoms with Crippen LogP contribution in [-0.2, 0) is 14.9 Å². The number of methoxy groups -OCH3 is 1. The highest BCUT2D eigenvalue weighted by molar-refractivity contribution is 7.89. The number of rotatable bonds is 6. The Balaban J connectivity index is 1.67. The van der Waals surface area contributed by atoms with Gasteiger partial charge in [0, 0.05) is 38.8 Å². The molecular weight excluding hydrogens is 394 g/mol. The first kappa shape index (κ1) is 21.1. The van der Waals surface area contributed by atoms with Crippen LogP contribution >= 0.6 is 0 Å². The second-order valence-corrected chi connectivity index (χ2v) is 8.51. The third-order valence-electron chi connectivity index (χ3n) is 4.99. The Kier molecular flexibility index (Phi) is 6.41. The molecule has 0 bridgehead atoms. The summed E-state index contributed by atoms with van der Waals surface area (Å²) in [5, 5.41) is 0. The molecule has 9 heteroatoms. The average Bonchev–Trinajstić information content (AvgIpc) is 2.78. The Morgan fingerprint density at radius 2 is 1.59 bits per heavy atom. The highest BCUT2D eigenvalue weighted by atomic mass is 32.2. The lowest BCUT2D eigenvalue weighted by atomic mass is 10.1. The van der Waals surface area contributed by atoms with Gasteiger partial charge in [0.1, 0.15) is 5.75 Å². The molecule has 0 atom stereocenters. The number of carbonyl (C=O) groups excluding carboxylic acids is 1. The number of amides is 1. The van der Waals surface area contributed by atoms with Crippen LogP contribution in [0.4, 0.5) is 5.69 Å². The van der Waals surface area contributed by atoms with Crippen LogP contribution in [0.1, 0.15) is 10.4 Å². The van der Waals surface area contributed by atoms with Crippen LogP contribution in [0.25, 0.3) is 0 Å². The third-order valence-corrected chi connectivity index (χ3v) is 6.68. The molecule has 1 aliphatic rings. The molecule has 2 aromatic rings. The number of sulfonamides is 1. The maximum absolute atomic E-state index is 12.8. The maximum Gasteiger partial charge on any atom is 0.264 e. The SMILES string of the molecule is COc1ccccc1N1CCN(C(=O)c2ccc(S(=O)(=O)N(C)OC)cc2)CC1. The standard InChI is InChI=1S/C20H25N3O5S/c1-21(28-3)29(25,26)17-10-8-16(9-11-17)20(24)23-14-12-22(13-15-23)18-6-4-5-7-19(18)27-2/h4-11H,12-15H2,1-3H3. The van der Waals surface area contributed by atoms with Crippen molar-refractivity contribution >= 4 is 21.6 Å². The molecule has 0 radical (unpaired) electrons. The predicted molar refractivity (Wildman–Crippen MR) is 110 cm³/mol. The largest absolute Gasteiger partial charge is 0.495 e. The zero-order valence-corrected chi connectivity index (χ0v) is 17.6. The van der Waals surface area contributed by atoms with E-state index in [-0.39, 0.29) is 10.8 Å². The van der Waals surface area contributed by atoms with Gasteiger partial charge in [-0.2, -0.15) is 0 Å². The summed E-state index contributed by atoms with van der Waals surface area (Å²) in [4.78, 5) is 21.6. The highest BCUT2D eigenvalue weighted by Gasteiger charge is 2.25. The number of para-hydroxylation sites is 2. The fourth-order valence-electron chi connectivity index (χ4n) is 3.24. The summed E-state index contributed by atoms with van der Waals surface area (Å²) in [7, 11) is 0.505. The second kappa shape index (κ2) is 8.81. The smallest absolute Gasteiger partial charge is 0.264 e. The number of nitrogens with zero attached hydrogens (tertiary/aromatic N) is 3. The number of anilines is 1. The molecule has 156 valence electrons. The van der Waals surface area contributed by atoms with Gasteiger partial charge in [-0.05, 0) is 36.4 Å². The molecule has 0 aliphatic carbocycles. The Morgan fingerprint density at radius 1 is 0.966 bits per heavy atom. The van der Waals surface area contributed by atoms with Gasteiger partial charge in [0.25, 0.3) is 15.9 Å². The van der Waals surface area contributed by atoms with Gasteiger partial charge in [0.15, 0.2) is 0 Å². The fourth-order valence-corrected chi connectivity index (χ4v) is 4.21. The predicted octanol–water partition coefficient (Wildman–Crippen LogP) is 1.84. The molecule has 0 spiro atoms. The number of carbonyl (C=O) groups is 1. The van der Waals surface area contributed by atoms with Crippen LogP contribution in [0.5, 0.6) is 5.75 Å². The van der Waals surface area contributed by atoms with Gasteiger partial charge >= 0.3 is 0 Å². The molecule has 0 aromatic heterocycles. The Hall–Kier alpha value is -2.62. The zero-order chi connectivity index (χ0) is 21.0. The number of hydrogen-bond acceptors (Lipinski definition) is 6. The van der Waals surface area contributed by atoms with Crippen LogP contribution < -0.4 is 9.64 Å². The van der Waals surface area contributed by atoms with Crippen molar-refractivity contribution in [2.24, 2.45) is 0 Å². The normalized spacial score (nSPS) is 14.9. The van der Waals surface area contributed by atoms with Gasteiger partial charge in [-0.25, -0.2) is 8.42 Å². The summed E-state index contributed by atoms with van der Waals surface area (Å²) in [6.07, 6.45) is 0. The van der Waals surface area contributed by atoms with Crippen LogP contribution in [0, 0.1) is 0 Å². The van der Waals surface area contributed by atoms with Crippen molar-refractivity contribution in [1.82, 2.24) is 9.37 Å². The maximum atomic E-state index is 12.8. The van der Waals surface area contributed by atoms with Crippen molar-refractivity contribution in [3.63, 3.8) is 0 Å². The Labute approximate surface area is 171 Å². The molecule has 1 amide bonds. The van der Waals surface area contributed by atoms with E-state index in [0.29, 0.717) is 31.7 Å². The van der Waals surface area contributed by atoms with E-state index in [1.807, 2.05) is 24.3 Å². The van der Waals surface area contributed by atoms with E-state index in [9.17, 15) is 13.2 Å². The molecule has 3 rings (SSSR count). The van der Waals surface area contributed by atoms with Gasteiger partial charge in [0.05, 0.1) is 24.8 Å². The minimum absolute atomic E-state index is 0.0689. The minimum atomic E-state index is -3.73. The minimum Gasteiger partial charge on any atom is -0.495 e. The summed E-state index contributed by atoms with van der Waals surface area (Å²) in [6.45, 7) is 2.53. The fraction of sp³-hybridized carbons (Fsp3) is 0.350. The monoisotopic (exact) mass is 419 g/mol. The van der Waals surface area contributed by atoms with Crippen molar-refractivity contribution in [1.29, 1.82) is 0 Å². The van der Waals surface area contributed by atoms with Crippen molar-refractivity contribution in [3.05, 3.63) is 54.1 Å². The van der Waals surface area contributed by atoms with Crippen LogP contribution in [0.3, 0.4) is 0 Å². The van der Waals surface area contributed by atoms with Crippen molar-refractivity contribution < 1.29 is 22.8 Å². The molecular formula is C20H25N3O5S. The number of piperazine rings is 1. The van der Waals surface area contributed by atoms with Gasteiger partial charge in [-0.3, -0.25) is 9.63 Å². The molecule has 1 saturated heterocycles. The van der Waals surface area contributed by atoms with Crippen molar-refractivity contribution in [2.45, 2.75) is 4.90 Å². The van der Waals surface area contributed by atoms with E-state index >= 15 is 0 Å². The average molecular weight is 420 g/mol. The second-order valence-electron chi connectivity index (χ2n) is 6.57. The summed E-state index contributed by atoms with van der Waals surface area (Å²) in [5.41, 5.74) is 1.47. The number of ether oxygens (including phenoxy) is 1. The lowest BCUT2D eigenvalue weighted by molar-refractivity contribution is -0.0258. The number of hydrogen-bond donors (Lipinski definition) is 0. The van der Waals surface area contributed by atoms with Crippen molar-refractivity contribution in [3.8, 4) is 5.75 Å². The Bertz CT molecular complexity index is 954. The van der Waals surface area contributed by atoms with E-state index in [0.717, 1.165) is 15.9 Å². The van der Waals surface area contributed by atoms with Crippen molar-refractivity contribution in [2.75, 3.05) is 52.3 Å². The molecule has 8 nitrogen and oxygen atoms in total. The number of hydroxylamine groups is 1. The lowest BCUT2D eigenvalue weighted by Gasteiger charge is -2.36. The zero-order valence-electron chi connectivity index (χ0n) is 16.7. The third kappa shape index (κ3) is 4.36. The molecule has 1 aliphatic heterocycles. The molecule has 29 heavy (non-hydrogen) atoms. The molecule has 2 aromatic carbocycles. The summed E-state index contributed by atoms with van der Waals surface area (Å²) < 4.78 is 30.7. The topological polar surface area (TPSA) is 79.4 Å². The molecule has 1 heterocycles. The van der Waals surface area contributed by atoms with Gasteiger partial charge in [0.2, 0.25) is 0 Å². The van der Waals surface area contributed by atoms with Gasteiger partial charge < -0.3 is 14.5 Å². The highest BCUT2D eigenvalue weighted by Crippen LogP contribution is 2.28. The van der Waals surface area contributed by atoms with Gasteiger partial charge in [-0.1, -0.05) is 16.6 Å². The molecule has 0 N–H and O–H groups in total. The summed E-state index contributed by atoms with van der Waals surface area (Å²) >= 11 is 0. The summed E-state index contributed by atoms with van der Waals surface area (Å²) in [6, 6.07) is 13.7. The summed E-state index contributed by atoms with van der Waals surface area (Å²) in [5.74, 6) is 0.693. The molecule has 1 fully saturated rings. The first-order valence-electron chi connectivity index (χ1n) is 9.19. The first-order valence-corrected chi connectivity index (χ1v) is 10.6.